The first-order valence-electron chi connectivity index (χ1n) is 5.63. The Morgan fingerprint density at radius 2 is 0.824 bits per heavy atom. The molecular weight excluding hydrogens is 276 g/mol. The van der Waals surface area contributed by atoms with Gasteiger partial charge in [0, 0.05) is 7.11 Å². The molecule has 17 heavy (non-hydrogen) atoms. The topological polar surface area (TPSA) is 27.7 Å². The van der Waals surface area contributed by atoms with Crippen LogP contribution in [-0.2, 0) is 9.47 Å². The molecule has 0 saturated carbocycles. The molecule has 0 radical (unpaired) electrons. The van der Waals surface area contributed by atoms with Crippen molar-refractivity contribution in [2.75, 3.05) is 7.11 Å². The van der Waals surface area contributed by atoms with E-state index in [1.54, 1.807) is 7.11 Å². The number of hydrogen-bond donors (Lipinski definition) is 0. The molecule has 0 heterocycles. The van der Waals surface area contributed by atoms with Crippen molar-refractivity contribution < 1.29 is 9.47 Å². The van der Waals surface area contributed by atoms with E-state index in [-0.39, 0.29) is 14.9 Å². The van der Waals surface area contributed by atoms with Crippen molar-refractivity contribution in [3.8, 4) is 0 Å². The molecule has 0 atom stereocenters. The Hall–Kier alpha value is 2.01. The van der Waals surface area contributed by atoms with Gasteiger partial charge in [-0.2, -0.15) is 0 Å². The standard InChI is InChI=1S/CH3O.2CH4.7CH3.4Al.2O/c1-2;;;;;;;;;;;;;;;/h1H3;2*1H4;7*1H3;;;;;;/q-1;;;;;;;;;;;;;+1;;. The van der Waals surface area contributed by atoms with Gasteiger partial charge in [-0.3, -0.25) is 0 Å². The van der Waals surface area contributed by atoms with E-state index >= 15 is 0 Å². The molecular formula is C10H32Al4O3. The fraction of sp³-hybridized carbons (Fsp3) is 1.00. The SMILES string of the molecule is C.C.C[O][Al]([CH3])[CH3].[CH3][Al]([CH3])[O][Al]([CH3])[O][Al]([CH3])[CH3]. The fourth-order valence-corrected chi connectivity index (χ4v) is 7.77. The van der Waals surface area contributed by atoms with Gasteiger partial charge in [0.15, 0.2) is 0 Å². The Morgan fingerprint density at radius 1 is 0.588 bits per heavy atom. The first-order chi connectivity index (χ1) is 6.79. The Kier molecular flexibility index (Phi) is 29.0. The van der Waals surface area contributed by atoms with Crippen LogP contribution in [0.2, 0.25) is 40.5 Å². The number of rotatable bonds is 5. The van der Waals surface area contributed by atoms with Crippen molar-refractivity contribution in [3.63, 3.8) is 0 Å². The molecule has 0 aliphatic rings. The lowest BCUT2D eigenvalue weighted by Gasteiger charge is -2.13. The summed E-state index contributed by atoms with van der Waals surface area (Å²) < 4.78 is 16.2. The molecule has 0 aromatic heterocycles. The summed E-state index contributed by atoms with van der Waals surface area (Å²) in [6.07, 6.45) is 0. The molecule has 0 rings (SSSR count). The first-order valence-corrected chi connectivity index (χ1v) is 16.1. The quantitative estimate of drug-likeness (QED) is 0.723. The van der Waals surface area contributed by atoms with Crippen LogP contribution in [0.5, 0.6) is 0 Å². The van der Waals surface area contributed by atoms with E-state index in [1.807, 2.05) is 0 Å². The lowest BCUT2D eigenvalue weighted by atomic mass is 11.8. The molecule has 3 nitrogen and oxygen atoms in total. The van der Waals surface area contributed by atoms with E-state index in [0.717, 1.165) is 0 Å². The van der Waals surface area contributed by atoms with Crippen molar-refractivity contribution in [2.24, 2.45) is 0 Å². The molecule has 0 saturated heterocycles. The van der Waals surface area contributed by atoms with E-state index in [4.69, 9.17) is 9.47 Å². The van der Waals surface area contributed by atoms with Gasteiger partial charge in [0.05, 0.1) is 0 Å². The highest BCUT2D eigenvalue weighted by Gasteiger charge is 2.21. The van der Waals surface area contributed by atoms with Gasteiger partial charge >= 0.3 is 58.3 Å². The molecule has 0 amide bonds. The Morgan fingerprint density at radius 3 is 0.941 bits per heavy atom. The van der Waals surface area contributed by atoms with Crippen molar-refractivity contribution in [2.45, 2.75) is 55.4 Å². The lowest BCUT2D eigenvalue weighted by Crippen LogP contribution is -2.29. The van der Waals surface area contributed by atoms with Gasteiger partial charge < -0.3 is 9.47 Å². The molecule has 0 N–H and O–H groups in total. The normalized spacial score (nSPS) is 7.76. The molecule has 0 fully saturated rings. The smallest absolute Gasteiger partial charge is 0.609 e. The molecule has 0 unspecified atom stereocenters. The van der Waals surface area contributed by atoms with Gasteiger partial charge in [-0.1, -0.05) is 55.4 Å². The van der Waals surface area contributed by atoms with Gasteiger partial charge in [-0.05, 0) is 0 Å². The van der Waals surface area contributed by atoms with E-state index in [1.165, 1.54) is 0 Å². The summed E-state index contributed by atoms with van der Waals surface area (Å²) in [7, 11) is 1.76. The van der Waals surface area contributed by atoms with E-state index in [2.05, 4.69) is 40.5 Å². The molecule has 0 aliphatic carbocycles. The molecule has 7 heteroatoms. The highest BCUT2D eigenvalue weighted by Crippen LogP contribution is 1.95. The van der Waals surface area contributed by atoms with E-state index in [9.17, 15) is 0 Å². The Balaban J connectivity index is -0.000000105. The van der Waals surface area contributed by atoms with Crippen LogP contribution in [0.3, 0.4) is 0 Å². The van der Waals surface area contributed by atoms with Crippen LogP contribution < -0.4 is 0 Å². The summed E-state index contributed by atoms with van der Waals surface area (Å²) in [5.74, 6) is 15.2. The second kappa shape index (κ2) is 18.0. The second-order valence-electron chi connectivity index (χ2n) is 4.22. The predicted molar refractivity (Wildman–Crippen MR) is 86.7 cm³/mol. The largest absolute Gasteiger partial charge is 0.616 e. The van der Waals surface area contributed by atoms with Gasteiger partial charge in [0.25, 0.3) is 0 Å². The van der Waals surface area contributed by atoms with E-state index < -0.39 is 58.3 Å². The molecule has 0 aromatic rings. The van der Waals surface area contributed by atoms with Crippen LogP contribution in [0.25, 0.3) is 0 Å². The lowest BCUT2D eigenvalue weighted by molar-refractivity contribution is 0.430. The van der Waals surface area contributed by atoms with Crippen LogP contribution in [0.1, 0.15) is 14.9 Å². The van der Waals surface area contributed by atoms with Gasteiger partial charge in [-0.15, -0.1) is 0 Å². The Bertz CT molecular complexity index is 125. The van der Waals surface area contributed by atoms with Gasteiger partial charge in [-0.25, -0.2) is 0 Å². The third-order valence-electron chi connectivity index (χ3n) is 1.40. The van der Waals surface area contributed by atoms with Crippen molar-refractivity contribution in [3.05, 3.63) is 0 Å². The van der Waals surface area contributed by atoms with Crippen LogP contribution in [0, 0.1) is 0 Å². The maximum atomic E-state index is 5.65. The zero-order valence-electron chi connectivity index (χ0n) is 11.5. The minimum absolute atomic E-state index is 0. The minimum Gasteiger partial charge on any atom is -0.616 e. The zero-order valence-corrected chi connectivity index (χ0v) is 16.2. The summed E-state index contributed by atoms with van der Waals surface area (Å²) in [6, 6.07) is 0. The maximum Gasteiger partial charge on any atom is 0.609 e. The van der Waals surface area contributed by atoms with Crippen LogP contribution in [0.4, 0.5) is 0 Å². The minimum atomic E-state index is -1.19. The zero-order chi connectivity index (χ0) is 12.4. The van der Waals surface area contributed by atoms with Crippen LogP contribution in [0.15, 0.2) is 0 Å². The maximum absolute atomic E-state index is 5.65. The molecule has 0 aromatic carbocycles. The van der Waals surface area contributed by atoms with Gasteiger partial charge in [0.1, 0.15) is 0 Å². The number of hydrogen-bond acceptors (Lipinski definition) is 3. The second-order valence-corrected chi connectivity index (χ2v) is 14.3. The van der Waals surface area contributed by atoms with E-state index in [0.29, 0.717) is 0 Å². The average molecular weight is 308 g/mol. The third-order valence-corrected chi connectivity index (χ3v) is 9.76. The van der Waals surface area contributed by atoms with Crippen molar-refractivity contribution in [1.82, 2.24) is 0 Å². The third kappa shape index (κ3) is 32.0. The highest BCUT2D eigenvalue weighted by atomic mass is 27.3. The summed E-state index contributed by atoms with van der Waals surface area (Å²) in [5.41, 5.74) is 0. The monoisotopic (exact) mass is 308 g/mol. The molecule has 0 bridgehead atoms. The van der Waals surface area contributed by atoms with Gasteiger partial charge in [0.2, 0.25) is 0 Å². The highest BCUT2D eigenvalue weighted by molar-refractivity contribution is 6.66. The average Bonchev–Trinajstić information content (AvgIpc) is 2.01. The fourth-order valence-electron chi connectivity index (χ4n) is 0.799. The first kappa shape index (κ1) is 27.4. The molecule has 0 spiro atoms. The van der Waals surface area contributed by atoms with Crippen molar-refractivity contribution >= 4 is 58.3 Å². The summed E-state index contributed by atoms with van der Waals surface area (Å²) in [6.45, 7) is 0. The molecule has 0 aliphatic heterocycles. The van der Waals surface area contributed by atoms with Crippen LogP contribution in [-0.4, -0.2) is 65.4 Å². The van der Waals surface area contributed by atoms with Crippen molar-refractivity contribution in [1.29, 1.82) is 0 Å². The summed E-state index contributed by atoms with van der Waals surface area (Å²) >= 11 is -3.50. The molecule has 102 valence electrons. The summed E-state index contributed by atoms with van der Waals surface area (Å²) in [5, 5.41) is 0. The predicted octanol–water partition coefficient (Wildman–Crippen LogP) is 3.80. The van der Waals surface area contributed by atoms with Crippen LogP contribution >= 0.6 is 0 Å². The summed E-state index contributed by atoms with van der Waals surface area (Å²) in [4.78, 5) is 0. The Labute approximate surface area is 129 Å².